The van der Waals surface area contributed by atoms with Gasteiger partial charge in [-0.15, -0.1) is 0 Å². The molecule has 0 unspecified atom stereocenters. The lowest BCUT2D eigenvalue weighted by molar-refractivity contribution is -0.173. The molecule has 0 fully saturated rings. The molecule has 0 spiro atoms. The lowest BCUT2D eigenvalue weighted by atomic mass is 10.1. The van der Waals surface area contributed by atoms with Crippen molar-refractivity contribution in [2.75, 3.05) is 25.5 Å². The molecule has 0 saturated heterocycles. The highest BCUT2D eigenvalue weighted by Crippen LogP contribution is 2.24. The van der Waals surface area contributed by atoms with E-state index in [1.165, 1.54) is 6.07 Å². The van der Waals surface area contributed by atoms with E-state index < -0.39 is 22.8 Å². The molecule has 21 heavy (non-hydrogen) atoms. The summed E-state index contributed by atoms with van der Waals surface area (Å²) in [4.78, 5) is -0.0571. The Balaban J connectivity index is 2.69. The second-order valence-corrected chi connectivity index (χ2v) is 6.20. The van der Waals surface area contributed by atoms with Gasteiger partial charge in [0.15, 0.2) is 0 Å². The third-order valence-electron chi connectivity index (χ3n) is 2.78. The van der Waals surface area contributed by atoms with Crippen LogP contribution in [0.4, 0.5) is 18.9 Å². The summed E-state index contributed by atoms with van der Waals surface area (Å²) in [6, 6.07) is 3.16. The Morgan fingerprint density at radius 1 is 1.29 bits per heavy atom. The molecular weight excluding hydrogens is 309 g/mol. The molecular formula is C12H17F3N2O3S. The Hall–Kier alpha value is -1.32. The van der Waals surface area contributed by atoms with E-state index in [1.807, 2.05) is 0 Å². The van der Waals surface area contributed by atoms with Crippen LogP contribution in [-0.2, 0) is 14.8 Å². The molecule has 5 nitrogen and oxygen atoms in total. The number of nitrogens with one attached hydrogen (secondary N) is 1. The number of benzene rings is 1. The van der Waals surface area contributed by atoms with Gasteiger partial charge in [-0.1, -0.05) is 6.07 Å². The second kappa shape index (κ2) is 6.63. The summed E-state index contributed by atoms with van der Waals surface area (Å²) < 4.78 is 66.3. The summed E-state index contributed by atoms with van der Waals surface area (Å²) in [6.45, 7) is 1.27. The first-order chi connectivity index (χ1) is 9.54. The van der Waals surface area contributed by atoms with Gasteiger partial charge >= 0.3 is 6.18 Å². The fraction of sp³-hybridized carbons (Fsp3) is 0.500. The van der Waals surface area contributed by atoms with E-state index >= 15 is 0 Å². The van der Waals surface area contributed by atoms with Crippen molar-refractivity contribution in [2.24, 2.45) is 0 Å². The van der Waals surface area contributed by atoms with Crippen LogP contribution < -0.4 is 10.5 Å². The van der Waals surface area contributed by atoms with E-state index in [4.69, 9.17) is 5.73 Å². The first kappa shape index (κ1) is 17.7. The summed E-state index contributed by atoms with van der Waals surface area (Å²) >= 11 is 0. The number of ether oxygens (including phenoxy) is 1. The first-order valence-corrected chi connectivity index (χ1v) is 7.53. The first-order valence-electron chi connectivity index (χ1n) is 6.04. The molecule has 0 radical (unpaired) electrons. The topological polar surface area (TPSA) is 81.4 Å². The Morgan fingerprint density at radius 3 is 2.48 bits per heavy atom. The van der Waals surface area contributed by atoms with Gasteiger partial charge in [-0.3, -0.25) is 0 Å². The van der Waals surface area contributed by atoms with Crippen molar-refractivity contribution in [3.63, 3.8) is 0 Å². The number of hydrogen-bond acceptors (Lipinski definition) is 4. The molecule has 0 heterocycles. The van der Waals surface area contributed by atoms with Crippen molar-refractivity contribution in [3.05, 3.63) is 23.3 Å². The van der Waals surface area contributed by atoms with Crippen molar-refractivity contribution in [1.29, 1.82) is 0 Å². The van der Waals surface area contributed by atoms with Crippen molar-refractivity contribution in [1.82, 2.24) is 4.72 Å². The van der Waals surface area contributed by atoms with Gasteiger partial charge in [-0.25, -0.2) is 13.1 Å². The van der Waals surface area contributed by atoms with Crippen LogP contribution in [0.5, 0.6) is 0 Å². The molecule has 1 aromatic carbocycles. The van der Waals surface area contributed by atoms with Gasteiger partial charge in [0.05, 0.1) is 12.3 Å². The maximum absolute atomic E-state index is 12.1. The summed E-state index contributed by atoms with van der Waals surface area (Å²) in [5.74, 6) is 0. The average Bonchev–Trinajstić information content (AvgIpc) is 2.32. The minimum absolute atomic E-state index is 0.0571. The number of halogens is 3. The van der Waals surface area contributed by atoms with E-state index in [0.717, 1.165) is 5.56 Å². The molecule has 0 aromatic heterocycles. The average molecular weight is 326 g/mol. The van der Waals surface area contributed by atoms with Gasteiger partial charge in [0, 0.05) is 6.54 Å². The molecule has 0 atom stereocenters. The van der Waals surface area contributed by atoms with Crippen LogP contribution in [0.3, 0.4) is 0 Å². The molecule has 0 aliphatic heterocycles. The third kappa shape index (κ3) is 5.18. The molecule has 3 N–H and O–H groups in total. The molecule has 1 rings (SSSR count). The number of nitrogens with two attached hydrogens (primary N) is 1. The van der Waals surface area contributed by atoms with Gasteiger partial charge in [0.25, 0.3) is 0 Å². The standard InChI is InChI=1S/C12H17F3N2O3S/c1-8-3-4-10(16)11(9(8)2)21(18,19)17-5-6-20-7-12(13,14)15/h3-4,17H,5-7,16H2,1-2H3. The molecule has 0 bridgehead atoms. The monoisotopic (exact) mass is 326 g/mol. The minimum atomic E-state index is -4.43. The number of nitrogen functional groups attached to an aromatic ring is 1. The van der Waals surface area contributed by atoms with E-state index in [0.29, 0.717) is 5.56 Å². The summed E-state index contributed by atoms with van der Waals surface area (Å²) in [7, 11) is -3.90. The van der Waals surface area contributed by atoms with Crippen molar-refractivity contribution in [3.8, 4) is 0 Å². The van der Waals surface area contributed by atoms with E-state index in [9.17, 15) is 21.6 Å². The minimum Gasteiger partial charge on any atom is -0.398 e. The molecule has 0 saturated carbocycles. The predicted molar refractivity (Wildman–Crippen MR) is 72.4 cm³/mol. The van der Waals surface area contributed by atoms with Gasteiger partial charge in [0.2, 0.25) is 10.0 Å². The Morgan fingerprint density at radius 2 is 1.90 bits per heavy atom. The van der Waals surface area contributed by atoms with E-state index in [1.54, 1.807) is 19.9 Å². The van der Waals surface area contributed by atoms with Crippen LogP contribution >= 0.6 is 0 Å². The maximum atomic E-state index is 12.1. The number of hydrogen-bond donors (Lipinski definition) is 2. The highest BCUT2D eigenvalue weighted by Gasteiger charge is 2.27. The summed E-state index contributed by atoms with van der Waals surface area (Å²) in [5, 5.41) is 0. The number of sulfonamides is 1. The van der Waals surface area contributed by atoms with Crippen LogP contribution in [0.2, 0.25) is 0 Å². The quantitative estimate of drug-likeness (QED) is 0.616. The molecule has 0 aliphatic carbocycles. The second-order valence-electron chi connectivity index (χ2n) is 4.49. The predicted octanol–water partition coefficient (Wildman–Crippen LogP) is 1.74. The van der Waals surface area contributed by atoms with Crippen molar-refractivity contribution < 1.29 is 26.3 Å². The molecule has 120 valence electrons. The molecule has 0 aliphatic rings. The van der Waals surface area contributed by atoms with Crippen molar-refractivity contribution in [2.45, 2.75) is 24.9 Å². The van der Waals surface area contributed by atoms with Crippen LogP contribution in [0, 0.1) is 13.8 Å². The highest BCUT2D eigenvalue weighted by molar-refractivity contribution is 7.89. The smallest absolute Gasteiger partial charge is 0.398 e. The van der Waals surface area contributed by atoms with E-state index in [2.05, 4.69) is 9.46 Å². The van der Waals surface area contributed by atoms with Gasteiger partial charge in [-0.05, 0) is 31.0 Å². The lowest BCUT2D eigenvalue weighted by Crippen LogP contribution is -2.30. The van der Waals surface area contributed by atoms with Crippen LogP contribution in [-0.4, -0.2) is 34.4 Å². The summed E-state index contributed by atoms with van der Waals surface area (Å²) in [5.41, 5.74) is 7.00. The molecule has 0 amide bonds. The maximum Gasteiger partial charge on any atom is 0.411 e. The largest absolute Gasteiger partial charge is 0.411 e. The fourth-order valence-corrected chi connectivity index (χ4v) is 3.11. The zero-order chi connectivity index (χ0) is 16.3. The normalized spacial score (nSPS) is 12.6. The number of alkyl halides is 3. The van der Waals surface area contributed by atoms with Crippen LogP contribution in [0.15, 0.2) is 17.0 Å². The van der Waals surface area contributed by atoms with Crippen LogP contribution in [0.25, 0.3) is 0 Å². The van der Waals surface area contributed by atoms with Gasteiger partial charge in [-0.2, -0.15) is 13.2 Å². The van der Waals surface area contributed by atoms with Crippen molar-refractivity contribution >= 4 is 15.7 Å². The Labute approximate surface area is 121 Å². The van der Waals surface area contributed by atoms with Gasteiger partial charge < -0.3 is 10.5 Å². The lowest BCUT2D eigenvalue weighted by Gasteiger charge is -2.14. The Kier molecular flexibility index (Phi) is 5.60. The highest BCUT2D eigenvalue weighted by atomic mass is 32.2. The number of aryl methyl sites for hydroxylation is 1. The molecule has 9 heteroatoms. The Bertz CT molecular complexity index is 601. The number of rotatable bonds is 6. The third-order valence-corrected chi connectivity index (χ3v) is 4.44. The summed E-state index contributed by atoms with van der Waals surface area (Å²) in [6.07, 6.45) is -4.43. The molecule has 1 aromatic rings. The van der Waals surface area contributed by atoms with Crippen LogP contribution in [0.1, 0.15) is 11.1 Å². The SMILES string of the molecule is Cc1ccc(N)c(S(=O)(=O)NCCOCC(F)(F)F)c1C. The van der Waals surface area contributed by atoms with Gasteiger partial charge in [0.1, 0.15) is 11.5 Å². The zero-order valence-electron chi connectivity index (χ0n) is 11.6. The number of anilines is 1. The van der Waals surface area contributed by atoms with E-state index in [-0.39, 0.29) is 23.7 Å². The zero-order valence-corrected chi connectivity index (χ0v) is 12.4. The fourth-order valence-electron chi connectivity index (χ4n) is 1.68.